The lowest BCUT2D eigenvalue weighted by Gasteiger charge is -2.31. The number of hydrogen-bond acceptors (Lipinski definition) is 3. The predicted octanol–water partition coefficient (Wildman–Crippen LogP) is 2.60. The van der Waals surface area contributed by atoms with Crippen LogP contribution in [-0.4, -0.2) is 38.7 Å². The number of amides is 1. The third-order valence-corrected chi connectivity index (χ3v) is 4.24. The molecule has 3 rings (SSSR count). The van der Waals surface area contributed by atoms with Crippen LogP contribution in [0, 0.1) is 11.6 Å². The Bertz CT molecular complexity index is 708. The standard InChI is InChI=1S/C16H18F2N4O/c1-2-22-10-12(8-20-22)11-3-5-21(6-4-11)16(23)15-14(18)7-13(17)9-19-15/h7-11H,2-6H2,1H3. The van der Waals surface area contributed by atoms with Crippen LogP contribution in [0.1, 0.15) is 41.7 Å². The van der Waals surface area contributed by atoms with E-state index >= 15 is 0 Å². The van der Waals surface area contributed by atoms with Gasteiger partial charge in [0, 0.05) is 31.9 Å². The van der Waals surface area contributed by atoms with Gasteiger partial charge >= 0.3 is 0 Å². The number of rotatable bonds is 3. The van der Waals surface area contributed by atoms with E-state index in [-0.39, 0.29) is 5.69 Å². The van der Waals surface area contributed by atoms with Crippen LogP contribution < -0.4 is 0 Å². The van der Waals surface area contributed by atoms with Crippen molar-refractivity contribution in [1.29, 1.82) is 0 Å². The molecule has 1 aliphatic rings. The molecule has 0 radical (unpaired) electrons. The summed E-state index contributed by atoms with van der Waals surface area (Å²) in [6.07, 6.45) is 6.35. The van der Waals surface area contributed by atoms with Crippen molar-refractivity contribution in [3.63, 3.8) is 0 Å². The van der Waals surface area contributed by atoms with Gasteiger partial charge in [0.25, 0.3) is 5.91 Å². The molecule has 1 fully saturated rings. The second-order valence-corrected chi connectivity index (χ2v) is 5.68. The number of pyridine rings is 1. The normalized spacial score (nSPS) is 15.9. The molecule has 0 bridgehead atoms. The van der Waals surface area contributed by atoms with Crippen molar-refractivity contribution in [2.24, 2.45) is 0 Å². The Labute approximate surface area is 132 Å². The van der Waals surface area contributed by atoms with E-state index in [0.717, 1.165) is 25.6 Å². The van der Waals surface area contributed by atoms with E-state index in [1.54, 1.807) is 4.90 Å². The molecule has 0 spiro atoms. The van der Waals surface area contributed by atoms with E-state index in [1.165, 1.54) is 5.56 Å². The van der Waals surface area contributed by atoms with E-state index < -0.39 is 17.5 Å². The van der Waals surface area contributed by atoms with Crippen molar-refractivity contribution >= 4 is 5.91 Å². The van der Waals surface area contributed by atoms with E-state index in [9.17, 15) is 13.6 Å². The molecule has 23 heavy (non-hydrogen) atoms. The van der Waals surface area contributed by atoms with Gasteiger partial charge in [0.2, 0.25) is 0 Å². The van der Waals surface area contributed by atoms with Crippen molar-refractivity contribution in [2.45, 2.75) is 32.2 Å². The van der Waals surface area contributed by atoms with Crippen molar-refractivity contribution in [1.82, 2.24) is 19.7 Å². The van der Waals surface area contributed by atoms with Gasteiger partial charge < -0.3 is 4.90 Å². The Morgan fingerprint density at radius 2 is 2.04 bits per heavy atom. The van der Waals surface area contributed by atoms with Crippen LogP contribution in [0.15, 0.2) is 24.7 Å². The summed E-state index contributed by atoms with van der Waals surface area (Å²) in [6, 6.07) is 0.687. The molecule has 0 unspecified atom stereocenters. The number of aryl methyl sites for hydroxylation is 1. The topological polar surface area (TPSA) is 51.0 Å². The summed E-state index contributed by atoms with van der Waals surface area (Å²) in [4.78, 5) is 17.5. The molecule has 3 heterocycles. The Kier molecular flexibility index (Phi) is 4.36. The summed E-state index contributed by atoms with van der Waals surface area (Å²) in [5.74, 6) is -1.83. The van der Waals surface area contributed by atoms with Crippen LogP contribution in [0.2, 0.25) is 0 Å². The lowest BCUT2D eigenvalue weighted by Crippen LogP contribution is -2.38. The summed E-state index contributed by atoms with van der Waals surface area (Å²) < 4.78 is 28.4. The number of nitrogens with zero attached hydrogens (tertiary/aromatic N) is 4. The first-order valence-electron chi connectivity index (χ1n) is 7.71. The van der Waals surface area contributed by atoms with E-state index in [4.69, 9.17) is 0 Å². The van der Waals surface area contributed by atoms with Gasteiger partial charge in [-0.15, -0.1) is 0 Å². The third-order valence-electron chi connectivity index (χ3n) is 4.24. The van der Waals surface area contributed by atoms with Crippen molar-refractivity contribution in [2.75, 3.05) is 13.1 Å². The maximum atomic E-state index is 13.7. The summed E-state index contributed by atoms with van der Waals surface area (Å²) in [6.45, 7) is 3.91. The highest BCUT2D eigenvalue weighted by molar-refractivity contribution is 5.92. The smallest absolute Gasteiger partial charge is 0.275 e. The van der Waals surface area contributed by atoms with Crippen LogP contribution in [0.4, 0.5) is 8.78 Å². The number of halogens is 2. The largest absolute Gasteiger partial charge is 0.337 e. The average molecular weight is 320 g/mol. The van der Waals surface area contributed by atoms with Crippen molar-refractivity contribution < 1.29 is 13.6 Å². The molecule has 7 heteroatoms. The van der Waals surface area contributed by atoms with Gasteiger partial charge in [-0.25, -0.2) is 13.8 Å². The Morgan fingerprint density at radius 3 is 2.65 bits per heavy atom. The van der Waals surface area contributed by atoms with Gasteiger partial charge in [-0.1, -0.05) is 0 Å². The molecular weight excluding hydrogens is 302 g/mol. The lowest BCUT2D eigenvalue weighted by molar-refractivity contribution is 0.0701. The quantitative estimate of drug-likeness (QED) is 0.873. The highest BCUT2D eigenvalue weighted by atomic mass is 19.1. The van der Waals surface area contributed by atoms with Gasteiger partial charge in [-0.3, -0.25) is 9.48 Å². The Hall–Kier alpha value is -2.31. The van der Waals surface area contributed by atoms with Gasteiger partial charge in [-0.2, -0.15) is 5.10 Å². The van der Waals surface area contributed by atoms with Crippen LogP contribution in [0.3, 0.4) is 0 Å². The molecule has 2 aromatic heterocycles. The maximum absolute atomic E-state index is 13.7. The first kappa shape index (κ1) is 15.6. The average Bonchev–Trinajstić information content (AvgIpc) is 3.03. The molecule has 2 aromatic rings. The van der Waals surface area contributed by atoms with Crippen LogP contribution in [-0.2, 0) is 6.54 Å². The second kappa shape index (κ2) is 6.44. The highest BCUT2D eigenvalue weighted by Gasteiger charge is 2.27. The zero-order valence-electron chi connectivity index (χ0n) is 12.9. The molecule has 0 saturated carbocycles. The number of piperidine rings is 1. The minimum absolute atomic E-state index is 0.316. The second-order valence-electron chi connectivity index (χ2n) is 5.68. The fraction of sp³-hybridized carbons (Fsp3) is 0.438. The fourth-order valence-electron chi connectivity index (χ4n) is 2.90. The maximum Gasteiger partial charge on any atom is 0.275 e. The SMILES string of the molecule is CCn1cc(C2CCN(C(=O)c3ncc(F)cc3F)CC2)cn1. The molecule has 0 N–H and O–H groups in total. The zero-order valence-corrected chi connectivity index (χ0v) is 12.9. The molecular formula is C16H18F2N4O. The summed E-state index contributed by atoms with van der Waals surface area (Å²) in [7, 11) is 0. The summed E-state index contributed by atoms with van der Waals surface area (Å²) in [5, 5.41) is 4.27. The summed E-state index contributed by atoms with van der Waals surface area (Å²) in [5.41, 5.74) is 0.855. The Balaban J connectivity index is 1.65. The third kappa shape index (κ3) is 3.23. The van der Waals surface area contributed by atoms with Gasteiger partial charge in [-0.05, 0) is 31.2 Å². The molecule has 1 amide bonds. The Morgan fingerprint density at radius 1 is 1.30 bits per heavy atom. The molecule has 122 valence electrons. The number of hydrogen-bond donors (Lipinski definition) is 0. The number of carbonyl (C=O) groups is 1. The predicted molar refractivity (Wildman–Crippen MR) is 79.9 cm³/mol. The molecule has 5 nitrogen and oxygen atoms in total. The van der Waals surface area contributed by atoms with Crippen molar-refractivity contribution in [3.8, 4) is 0 Å². The van der Waals surface area contributed by atoms with Gasteiger partial charge in [0.1, 0.15) is 5.82 Å². The first-order chi connectivity index (χ1) is 11.1. The number of likely N-dealkylation sites (tertiary alicyclic amines) is 1. The van der Waals surface area contributed by atoms with Gasteiger partial charge in [0.05, 0.1) is 12.4 Å². The first-order valence-corrected chi connectivity index (χ1v) is 7.71. The molecule has 0 atom stereocenters. The zero-order chi connectivity index (χ0) is 16.4. The number of aromatic nitrogens is 3. The van der Waals surface area contributed by atoms with E-state index in [0.29, 0.717) is 25.1 Å². The van der Waals surface area contributed by atoms with Crippen LogP contribution >= 0.6 is 0 Å². The van der Waals surface area contributed by atoms with E-state index in [2.05, 4.69) is 10.1 Å². The highest BCUT2D eigenvalue weighted by Crippen LogP contribution is 2.28. The van der Waals surface area contributed by atoms with E-state index in [1.807, 2.05) is 24.0 Å². The van der Waals surface area contributed by atoms with Crippen LogP contribution in [0.5, 0.6) is 0 Å². The minimum atomic E-state index is -0.915. The monoisotopic (exact) mass is 320 g/mol. The van der Waals surface area contributed by atoms with Gasteiger partial charge in [0.15, 0.2) is 11.5 Å². The van der Waals surface area contributed by atoms with Crippen LogP contribution in [0.25, 0.3) is 0 Å². The molecule has 1 saturated heterocycles. The molecule has 0 aliphatic carbocycles. The molecule has 0 aromatic carbocycles. The fourth-order valence-corrected chi connectivity index (χ4v) is 2.90. The molecule has 1 aliphatic heterocycles. The lowest BCUT2D eigenvalue weighted by atomic mass is 9.91. The van der Waals surface area contributed by atoms with Crippen molar-refractivity contribution in [3.05, 3.63) is 47.5 Å². The number of carbonyl (C=O) groups excluding carboxylic acids is 1. The summed E-state index contributed by atoms with van der Waals surface area (Å²) >= 11 is 0. The minimum Gasteiger partial charge on any atom is -0.337 e.